The molecule has 0 spiro atoms. The van der Waals surface area contributed by atoms with Crippen molar-refractivity contribution in [3.63, 3.8) is 0 Å². The number of ether oxygens (including phenoxy) is 1. The molecule has 0 unspecified atom stereocenters. The predicted octanol–water partition coefficient (Wildman–Crippen LogP) is 3.30. The number of esters is 1. The van der Waals surface area contributed by atoms with Crippen molar-refractivity contribution in [2.75, 3.05) is 6.61 Å². The van der Waals surface area contributed by atoms with Crippen LogP contribution in [-0.2, 0) is 9.53 Å². The van der Waals surface area contributed by atoms with E-state index in [-0.39, 0.29) is 5.97 Å². The molecular weight excluding hydrogens is 200 g/mol. The summed E-state index contributed by atoms with van der Waals surface area (Å²) >= 11 is 0. The molecule has 2 heteroatoms. The highest BCUT2D eigenvalue weighted by Crippen LogP contribution is 2.18. The summed E-state index contributed by atoms with van der Waals surface area (Å²) in [6, 6.07) is 10.2. The molecule has 16 heavy (non-hydrogen) atoms. The van der Waals surface area contributed by atoms with E-state index in [2.05, 4.69) is 25.6 Å². The highest BCUT2D eigenvalue weighted by atomic mass is 16.5. The van der Waals surface area contributed by atoms with Crippen LogP contribution in [0.25, 0.3) is 0 Å². The van der Waals surface area contributed by atoms with E-state index in [4.69, 9.17) is 4.74 Å². The maximum absolute atomic E-state index is 11.1. The zero-order valence-electron chi connectivity index (χ0n) is 9.90. The topological polar surface area (TPSA) is 26.3 Å². The Balaban J connectivity index is 2.34. The number of hydrogen-bond acceptors (Lipinski definition) is 2. The molecule has 0 heterocycles. The predicted molar refractivity (Wildman–Crippen MR) is 65.2 cm³/mol. The SMILES string of the molecule is C=C(C)C(=O)OCC[C@@H](C)c1ccccc1. The first-order chi connectivity index (χ1) is 7.61. The van der Waals surface area contributed by atoms with Crippen LogP contribution in [0.5, 0.6) is 0 Å². The van der Waals surface area contributed by atoms with Crippen molar-refractivity contribution in [2.45, 2.75) is 26.2 Å². The van der Waals surface area contributed by atoms with Gasteiger partial charge < -0.3 is 4.74 Å². The van der Waals surface area contributed by atoms with Crippen LogP contribution in [0.3, 0.4) is 0 Å². The average Bonchev–Trinajstić information content (AvgIpc) is 2.29. The van der Waals surface area contributed by atoms with Crippen LogP contribution in [-0.4, -0.2) is 12.6 Å². The Morgan fingerprint density at radius 2 is 2.00 bits per heavy atom. The summed E-state index contributed by atoms with van der Waals surface area (Å²) < 4.78 is 5.06. The fraction of sp³-hybridized carbons (Fsp3) is 0.357. The first-order valence-corrected chi connectivity index (χ1v) is 5.49. The van der Waals surface area contributed by atoms with Crippen LogP contribution in [0.15, 0.2) is 42.5 Å². The van der Waals surface area contributed by atoms with Crippen LogP contribution in [0.4, 0.5) is 0 Å². The maximum Gasteiger partial charge on any atom is 0.333 e. The van der Waals surface area contributed by atoms with Gasteiger partial charge in [0, 0.05) is 5.57 Å². The fourth-order valence-corrected chi connectivity index (χ4v) is 1.40. The molecule has 0 aromatic heterocycles. The summed E-state index contributed by atoms with van der Waals surface area (Å²) in [5.74, 6) is 0.0967. The summed E-state index contributed by atoms with van der Waals surface area (Å²) in [5.41, 5.74) is 1.72. The zero-order chi connectivity index (χ0) is 12.0. The molecule has 0 bridgehead atoms. The molecule has 1 rings (SSSR count). The van der Waals surface area contributed by atoms with E-state index in [0.717, 1.165) is 6.42 Å². The lowest BCUT2D eigenvalue weighted by Gasteiger charge is -2.11. The van der Waals surface area contributed by atoms with E-state index in [0.29, 0.717) is 18.1 Å². The highest BCUT2D eigenvalue weighted by molar-refractivity contribution is 5.86. The lowest BCUT2D eigenvalue weighted by atomic mass is 9.98. The minimum absolute atomic E-state index is 0.305. The van der Waals surface area contributed by atoms with Crippen molar-refractivity contribution in [2.24, 2.45) is 0 Å². The van der Waals surface area contributed by atoms with Crippen LogP contribution in [0.1, 0.15) is 31.7 Å². The molecule has 86 valence electrons. The van der Waals surface area contributed by atoms with Gasteiger partial charge >= 0.3 is 5.97 Å². The first-order valence-electron chi connectivity index (χ1n) is 5.49. The lowest BCUT2D eigenvalue weighted by Crippen LogP contribution is -2.08. The standard InChI is InChI=1S/C14H18O2/c1-11(2)14(15)16-10-9-12(3)13-7-5-4-6-8-13/h4-8,12H,1,9-10H2,2-3H3/t12-/m1/s1. The zero-order valence-corrected chi connectivity index (χ0v) is 9.90. The number of benzene rings is 1. The van der Waals surface area contributed by atoms with Gasteiger partial charge in [0.2, 0.25) is 0 Å². The first kappa shape index (κ1) is 12.5. The van der Waals surface area contributed by atoms with Crippen molar-refractivity contribution >= 4 is 5.97 Å². The molecule has 0 aliphatic rings. The van der Waals surface area contributed by atoms with Gasteiger partial charge in [-0.05, 0) is 24.8 Å². The molecule has 1 aromatic carbocycles. The molecule has 0 saturated carbocycles. The molecule has 0 aliphatic heterocycles. The average molecular weight is 218 g/mol. The summed E-state index contributed by atoms with van der Waals surface area (Å²) in [6.45, 7) is 7.77. The molecule has 1 aromatic rings. The van der Waals surface area contributed by atoms with Crippen molar-refractivity contribution in [1.29, 1.82) is 0 Å². The molecule has 2 nitrogen and oxygen atoms in total. The summed E-state index contributed by atoms with van der Waals surface area (Å²) in [4.78, 5) is 11.1. The monoisotopic (exact) mass is 218 g/mol. The van der Waals surface area contributed by atoms with Gasteiger partial charge in [0.25, 0.3) is 0 Å². The molecule has 0 fully saturated rings. The lowest BCUT2D eigenvalue weighted by molar-refractivity contribution is -0.139. The minimum atomic E-state index is -0.305. The third-order valence-electron chi connectivity index (χ3n) is 2.50. The van der Waals surface area contributed by atoms with Crippen LogP contribution in [0.2, 0.25) is 0 Å². The van der Waals surface area contributed by atoms with Crippen molar-refractivity contribution in [1.82, 2.24) is 0 Å². The van der Waals surface area contributed by atoms with Gasteiger partial charge in [-0.15, -0.1) is 0 Å². The van der Waals surface area contributed by atoms with Crippen LogP contribution >= 0.6 is 0 Å². The Hall–Kier alpha value is -1.57. The van der Waals surface area contributed by atoms with Crippen LogP contribution < -0.4 is 0 Å². The van der Waals surface area contributed by atoms with Crippen molar-refractivity contribution in [3.8, 4) is 0 Å². The fourth-order valence-electron chi connectivity index (χ4n) is 1.40. The second-order valence-corrected chi connectivity index (χ2v) is 4.02. The molecule has 0 amide bonds. The van der Waals surface area contributed by atoms with Gasteiger partial charge in [0.15, 0.2) is 0 Å². The Morgan fingerprint density at radius 3 is 2.56 bits per heavy atom. The number of hydrogen-bond donors (Lipinski definition) is 0. The van der Waals surface area contributed by atoms with E-state index < -0.39 is 0 Å². The third kappa shape index (κ3) is 3.89. The molecule has 0 aliphatic carbocycles. The van der Waals surface area contributed by atoms with Gasteiger partial charge in [-0.3, -0.25) is 0 Å². The van der Waals surface area contributed by atoms with Gasteiger partial charge in [-0.1, -0.05) is 43.8 Å². The summed E-state index contributed by atoms with van der Waals surface area (Å²) in [5, 5.41) is 0. The Kier molecular flexibility index (Phi) is 4.77. The summed E-state index contributed by atoms with van der Waals surface area (Å²) in [6.07, 6.45) is 0.836. The number of rotatable bonds is 5. The van der Waals surface area contributed by atoms with E-state index in [9.17, 15) is 4.79 Å². The highest BCUT2D eigenvalue weighted by Gasteiger charge is 2.07. The molecule has 0 radical (unpaired) electrons. The quantitative estimate of drug-likeness (QED) is 0.560. The minimum Gasteiger partial charge on any atom is -0.462 e. The number of carbonyl (C=O) groups is 1. The van der Waals surface area contributed by atoms with E-state index >= 15 is 0 Å². The maximum atomic E-state index is 11.1. The molecule has 0 saturated heterocycles. The van der Waals surface area contributed by atoms with Gasteiger partial charge in [-0.2, -0.15) is 0 Å². The van der Waals surface area contributed by atoms with Gasteiger partial charge in [0.05, 0.1) is 6.61 Å². The second kappa shape index (κ2) is 6.11. The van der Waals surface area contributed by atoms with Crippen molar-refractivity contribution < 1.29 is 9.53 Å². The second-order valence-electron chi connectivity index (χ2n) is 4.02. The Morgan fingerprint density at radius 1 is 1.38 bits per heavy atom. The normalized spacial score (nSPS) is 11.9. The van der Waals surface area contributed by atoms with Gasteiger partial charge in [-0.25, -0.2) is 4.79 Å². The molecular formula is C14H18O2. The third-order valence-corrected chi connectivity index (χ3v) is 2.50. The van der Waals surface area contributed by atoms with Crippen molar-refractivity contribution in [3.05, 3.63) is 48.0 Å². The van der Waals surface area contributed by atoms with Crippen LogP contribution in [0, 0.1) is 0 Å². The largest absolute Gasteiger partial charge is 0.462 e. The number of carbonyl (C=O) groups excluding carboxylic acids is 1. The smallest absolute Gasteiger partial charge is 0.333 e. The van der Waals surface area contributed by atoms with E-state index in [1.54, 1.807) is 6.92 Å². The van der Waals surface area contributed by atoms with E-state index in [1.165, 1.54) is 5.56 Å². The summed E-state index contributed by atoms with van der Waals surface area (Å²) in [7, 11) is 0. The molecule has 0 N–H and O–H groups in total. The Labute approximate surface area is 96.9 Å². The van der Waals surface area contributed by atoms with Gasteiger partial charge in [0.1, 0.15) is 0 Å². The van der Waals surface area contributed by atoms with E-state index in [1.807, 2.05) is 18.2 Å². The molecule has 1 atom stereocenters. The Bertz CT molecular complexity index is 354.